The Bertz CT molecular complexity index is 803. The van der Waals surface area contributed by atoms with E-state index in [1.165, 1.54) is 6.33 Å². The first-order chi connectivity index (χ1) is 10.2. The number of hydrogen-bond acceptors (Lipinski definition) is 5. The molecule has 2 aromatic heterocycles. The van der Waals surface area contributed by atoms with E-state index in [1.54, 1.807) is 30.6 Å². The molecule has 21 heavy (non-hydrogen) atoms. The number of carbonyl (C=O) groups is 1. The van der Waals surface area contributed by atoms with E-state index in [0.717, 1.165) is 16.9 Å². The summed E-state index contributed by atoms with van der Waals surface area (Å²) >= 11 is 0. The summed E-state index contributed by atoms with van der Waals surface area (Å²) in [6.45, 7) is 2.25. The van der Waals surface area contributed by atoms with Crippen LogP contribution in [0.25, 0.3) is 11.0 Å². The highest BCUT2D eigenvalue weighted by Crippen LogP contribution is 2.11. The van der Waals surface area contributed by atoms with Crippen molar-refractivity contribution in [3.05, 3.63) is 59.9 Å². The lowest BCUT2D eigenvalue weighted by Gasteiger charge is -2.06. The Hall–Kier alpha value is -2.89. The quantitative estimate of drug-likeness (QED) is 0.788. The third kappa shape index (κ3) is 3.00. The second kappa shape index (κ2) is 5.62. The van der Waals surface area contributed by atoms with E-state index in [-0.39, 0.29) is 5.91 Å². The molecule has 1 amide bonds. The van der Waals surface area contributed by atoms with E-state index in [0.29, 0.717) is 17.6 Å². The molecule has 6 heteroatoms. The van der Waals surface area contributed by atoms with E-state index in [2.05, 4.69) is 25.3 Å². The van der Waals surface area contributed by atoms with Crippen LogP contribution >= 0.6 is 0 Å². The summed E-state index contributed by atoms with van der Waals surface area (Å²) in [4.78, 5) is 28.6. The van der Waals surface area contributed by atoms with Crippen molar-refractivity contribution < 1.29 is 4.79 Å². The maximum Gasteiger partial charge on any atom is 0.251 e. The van der Waals surface area contributed by atoms with Crippen LogP contribution in [0.4, 0.5) is 0 Å². The van der Waals surface area contributed by atoms with Gasteiger partial charge >= 0.3 is 0 Å². The molecule has 2 heterocycles. The van der Waals surface area contributed by atoms with Crippen LogP contribution in [-0.4, -0.2) is 25.8 Å². The Balaban J connectivity index is 1.74. The van der Waals surface area contributed by atoms with Gasteiger partial charge in [0.05, 0.1) is 23.3 Å². The van der Waals surface area contributed by atoms with Gasteiger partial charge in [-0.2, -0.15) is 0 Å². The highest BCUT2D eigenvalue weighted by Gasteiger charge is 2.07. The van der Waals surface area contributed by atoms with Gasteiger partial charge in [0.25, 0.3) is 5.91 Å². The predicted octanol–water partition coefficient (Wildman–Crippen LogP) is 1.66. The molecule has 6 nitrogen and oxygen atoms in total. The third-order valence-electron chi connectivity index (χ3n) is 3.02. The van der Waals surface area contributed by atoms with Crippen LogP contribution in [0.5, 0.6) is 0 Å². The molecule has 1 aromatic carbocycles. The van der Waals surface area contributed by atoms with Gasteiger partial charge < -0.3 is 5.32 Å². The lowest BCUT2D eigenvalue weighted by molar-refractivity contribution is 0.0950. The molecule has 104 valence electrons. The third-order valence-corrected chi connectivity index (χ3v) is 3.02. The molecule has 3 rings (SSSR count). The van der Waals surface area contributed by atoms with Crippen LogP contribution in [0.2, 0.25) is 0 Å². The molecule has 0 spiro atoms. The molecular formula is C15H13N5O. The van der Waals surface area contributed by atoms with Crippen molar-refractivity contribution in [2.24, 2.45) is 0 Å². The van der Waals surface area contributed by atoms with Crippen molar-refractivity contribution in [2.75, 3.05) is 0 Å². The van der Waals surface area contributed by atoms with Crippen molar-refractivity contribution in [3.8, 4) is 0 Å². The Labute approximate surface area is 121 Å². The lowest BCUT2D eigenvalue weighted by Crippen LogP contribution is -2.23. The SMILES string of the molecule is Cc1cc(CNC(=O)c2ccc3nccnc3c2)ncn1. The summed E-state index contributed by atoms with van der Waals surface area (Å²) in [5.41, 5.74) is 3.66. The number of fused-ring (bicyclic) bond motifs is 1. The summed E-state index contributed by atoms with van der Waals surface area (Å²) in [6.07, 6.45) is 4.72. The zero-order chi connectivity index (χ0) is 14.7. The van der Waals surface area contributed by atoms with E-state index < -0.39 is 0 Å². The van der Waals surface area contributed by atoms with Gasteiger partial charge in [0, 0.05) is 23.7 Å². The highest BCUT2D eigenvalue weighted by molar-refractivity contribution is 5.97. The van der Waals surface area contributed by atoms with Gasteiger partial charge in [-0.15, -0.1) is 0 Å². The summed E-state index contributed by atoms with van der Waals surface area (Å²) < 4.78 is 0. The van der Waals surface area contributed by atoms with Gasteiger partial charge in [-0.3, -0.25) is 14.8 Å². The van der Waals surface area contributed by atoms with Gasteiger partial charge in [-0.25, -0.2) is 9.97 Å². The molecule has 0 aliphatic rings. The second-order valence-corrected chi connectivity index (χ2v) is 4.59. The molecule has 0 unspecified atom stereocenters. The molecule has 0 bridgehead atoms. The number of nitrogens with one attached hydrogen (secondary N) is 1. The van der Waals surface area contributed by atoms with E-state index in [9.17, 15) is 4.79 Å². The van der Waals surface area contributed by atoms with Crippen LogP contribution in [-0.2, 0) is 6.54 Å². The first-order valence-electron chi connectivity index (χ1n) is 6.49. The van der Waals surface area contributed by atoms with Crippen molar-refractivity contribution in [1.29, 1.82) is 0 Å². The molecule has 0 atom stereocenters. The minimum atomic E-state index is -0.168. The van der Waals surface area contributed by atoms with Crippen LogP contribution in [0.3, 0.4) is 0 Å². The molecule has 1 N–H and O–H groups in total. The van der Waals surface area contributed by atoms with Crippen LogP contribution in [0.15, 0.2) is 43.0 Å². The Kier molecular flexibility index (Phi) is 3.51. The number of hydrogen-bond donors (Lipinski definition) is 1. The Morgan fingerprint density at radius 3 is 2.67 bits per heavy atom. The molecule has 0 radical (unpaired) electrons. The van der Waals surface area contributed by atoms with Gasteiger partial charge in [-0.1, -0.05) is 0 Å². The summed E-state index contributed by atoms with van der Waals surface area (Å²) in [5, 5.41) is 2.83. The lowest BCUT2D eigenvalue weighted by atomic mass is 10.2. The number of aromatic nitrogens is 4. The van der Waals surface area contributed by atoms with Gasteiger partial charge in [0.15, 0.2) is 0 Å². The largest absolute Gasteiger partial charge is 0.346 e. The Morgan fingerprint density at radius 1 is 1.05 bits per heavy atom. The first-order valence-corrected chi connectivity index (χ1v) is 6.49. The van der Waals surface area contributed by atoms with Gasteiger partial charge in [-0.05, 0) is 31.2 Å². The van der Waals surface area contributed by atoms with Crippen LogP contribution in [0.1, 0.15) is 21.7 Å². The van der Waals surface area contributed by atoms with Crippen molar-refractivity contribution in [1.82, 2.24) is 25.3 Å². The average molecular weight is 279 g/mol. The smallest absolute Gasteiger partial charge is 0.251 e. The van der Waals surface area contributed by atoms with E-state index in [4.69, 9.17) is 0 Å². The topological polar surface area (TPSA) is 80.7 Å². The number of carbonyl (C=O) groups excluding carboxylic acids is 1. The number of aryl methyl sites for hydroxylation is 1. The van der Waals surface area contributed by atoms with Gasteiger partial charge in [0.2, 0.25) is 0 Å². The maximum atomic E-state index is 12.1. The fourth-order valence-corrected chi connectivity index (χ4v) is 1.98. The van der Waals surface area contributed by atoms with E-state index >= 15 is 0 Å². The monoisotopic (exact) mass is 279 g/mol. The fourth-order valence-electron chi connectivity index (χ4n) is 1.98. The van der Waals surface area contributed by atoms with Crippen molar-refractivity contribution >= 4 is 16.9 Å². The van der Waals surface area contributed by atoms with Gasteiger partial charge in [0.1, 0.15) is 6.33 Å². The zero-order valence-corrected chi connectivity index (χ0v) is 11.4. The normalized spacial score (nSPS) is 10.5. The van der Waals surface area contributed by atoms with E-state index in [1.807, 2.05) is 13.0 Å². The van der Waals surface area contributed by atoms with Crippen molar-refractivity contribution in [3.63, 3.8) is 0 Å². The summed E-state index contributed by atoms with van der Waals surface area (Å²) in [6, 6.07) is 7.08. The molecule has 3 aromatic rings. The predicted molar refractivity (Wildman–Crippen MR) is 77.5 cm³/mol. The average Bonchev–Trinajstić information content (AvgIpc) is 2.52. The van der Waals surface area contributed by atoms with Crippen LogP contribution < -0.4 is 5.32 Å². The second-order valence-electron chi connectivity index (χ2n) is 4.59. The molecule has 0 saturated carbocycles. The van der Waals surface area contributed by atoms with Crippen molar-refractivity contribution in [2.45, 2.75) is 13.5 Å². The number of rotatable bonds is 3. The molecule has 0 saturated heterocycles. The molecular weight excluding hydrogens is 266 g/mol. The van der Waals surface area contributed by atoms with Crippen LogP contribution in [0, 0.1) is 6.92 Å². The molecule has 0 aliphatic heterocycles. The molecule has 0 aliphatic carbocycles. The molecule has 0 fully saturated rings. The zero-order valence-electron chi connectivity index (χ0n) is 11.4. The number of benzene rings is 1. The fraction of sp³-hybridized carbons (Fsp3) is 0.133. The number of nitrogens with zero attached hydrogens (tertiary/aromatic N) is 4. The summed E-state index contributed by atoms with van der Waals surface area (Å²) in [5.74, 6) is -0.168. The minimum absolute atomic E-state index is 0.168. The minimum Gasteiger partial charge on any atom is -0.346 e. The highest BCUT2D eigenvalue weighted by atomic mass is 16.1. The summed E-state index contributed by atoms with van der Waals surface area (Å²) in [7, 11) is 0. The Morgan fingerprint density at radius 2 is 1.86 bits per heavy atom. The maximum absolute atomic E-state index is 12.1. The number of amides is 1. The first kappa shape index (κ1) is 13.1. The standard InChI is InChI=1S/C15H13N5O/c1-10-6-12(20-9-19-10)8-18-15(21)11-2-3-13-14(7-11)17-5-4-16-13/h2-7,9H,8H2,1H3,(H,18,21).